The number of nitrogens with one attached hydrogen (secondary N) is 1. The molecule has 1 fully saturated rings. The first-order chi connectivity index (χ1) is 13.5. The average Bonchev–Trinajstić information content (AvgIpc) is 3.09. The molecule has 0 aromatic heterocycles. The standard InChI is InChI=1S/C22H26N2O4/c1-3-4-15-5-8-18(9-6-15)24-14-17(12-21(24)26)22(27)23-13-16-7-10-20(28-2)19(25)11-16/h5-11,17,25H,3-4,12-14H2,1-2H3,(H,23,27)/t17-/m0/s1. The summed E-state index contributed by atoms with van der Waals surface area (Å²) < 4.78 is 5.01. The summed E-state index contributed by atoms with van der Waals surface area (Å²) in [7, 11) is 1.48. The number of phenolic OH excluding ortho intramolecular Hbond substituents is 1. The molecule has 1 saturated heterocycles. The van der Waals surface area contributed by atoms with Crippen molar-refractivity contribution in [2.45, 2.75) is 32.7 Å². The number of aryl methyl sites for hydroxylation is 1. The highest BCUT2D eigenvalue weighted by atomic mass is 16.5. The Balaban J connectivity index is 1.58. The Bertz CT molecular complexity index is 848. The van der Waals surface area contributed by atoms with Crippen LogP contribution < -0.4 is 15.0 Å². The van der Waals surface area contributed by atoms with Crippen LogP contribution in [0.15, 0.2) is 42.5 Å². The molecule has 3 rings (SSSR count). The molecule has 2 aromatic carbocycles. The average molecular weight is 382 g/mol. The molecule has 0 bridgehead atoms. The van der Waals surface area contributed by atoms with E-state index in [-0.39, 0.29) is 36.4 Å². The Hall–Kier alpha value is -3.02. The summed E-state index contributed by atoms with van der Waals surface area (Å²) >= 11 is 0. The maximum Gasteiger partial charge on any atom is 0.227 e. The first-order valence-corrected chi connectivity index (χ1v) is 9.54. The first-order valence-electron chi connectivity index (χ1n) is 9.54. The number of carbonyl (C=O) groups is 2. The zero-order chi connectivity index (χ0) is 20.1. The minimum Gasteiger partial charge on any atom is -0.504 e. The van der Waals surface area contributed by atoms with Crippen LogP contribution in [0, 0.1) is 5.92 Å². The molecular weight excluding hydrogens is 356 g/mol. The summed E-state index contributed by atoms with van der Waals surface area (Å²) in [6, 6.07) is 13.0. The Morgan fingerprint density at radius 1 is 1.21 bits per heavy atom. The topological polar surface area (TPSA) is 78.9 Å². The van der Waals surface area contributed by atoms with Gasteiger partial charge in [-0.2, -0.15) is 0 Å². The lowest BCUT2D eigenvalue weighted by Crippen LogP contribution is -2.32. The zero-order valence-electron chi connectivity index (χ0n) is 16.3. The Morgan fingerprint density at radius 2 is 1.93 bits per heavy atom. The van der Waals surface area contributed by atoms with Crippen LogP contribution in [0.3, 0.4) is 0 Å². The van der Waals surface area contributed by atoms with Crippen molar-refractivity contribution in [2.24, 2.45) is 5.92 Å². The molecule has 2 amide bonds. The highest BCUT2D eigenvalue weighted by Gasteiger charge is 2.34. The summed E-state index contributed by atoms with van der Waals surface area (Å²) in [5.41, 5.74) is 2.84. The second-order valence-corrected chi connectivity index (χ2v) is 7.05. The van der Waals surface area contributed by atoms with Crippen molar-refractivity contribution >= 4 is 17.5 Å². The van der Waals surface area contributed by atoms with Crippen molar-refractivity contribution in [1.82, 2.24) is 5.32 Å². The molecule has 28 heavy (non-hydrogen) atoms. The summed E-state index contributed by atoms with van der Waals surface area (Å²) in [6.07, 6.45) is 2.30. The predicted molar refractivity (Wildman–Crippen MR) is 107 cm³/mol. The van der Waals surface area contributed by atoms with Crippen molar-refractivity contribution in [3.8, 4) is 11.5 Å². The van der Waals surface area contributed by atoms with Crippen LogP contribution in [0.1, 0.15) is 30.9 Å². The fourth-order valence-electron chi connectivity index (χ4n) is 3.44. The summed E-state index contributed by atoms with van der Waals surface area (Å²) in [6.45, 7) is 2.80. The minimum absolute atomic E-state index is 0.0305. The number of ether oxygens (including phenoxy) is 1. The minimum atomic E-state index is -0.380. The van der Waals surface area contributed by atoms with Gasteiger partial charge in [0.05, 0.1) is 13.0 Å². The lowest BCUT2D eigenvalue weighted by atomic mass is 10.1. The second-order valence-electron chi connectivity index (χ2n) is 7.05. The lowest BCUT2D eigenvalue weighted by molar-refractivity contribution is -0.126. The van der Waals surface area contributed by atoms with E-state index in [1.54, 1.807) is 23.1 Å². The van der Waals surface area contributed by atoms with Gasteiger partial charge in [-0.05, 0) is 41.8 Å². The third-order valence-corrected chi connectivity index (χ3v) is 4.99. The molecule has 6 heteroatoms. The van der Waals surface area contributed by atoms with Gasteiger partial charge in [0.15, 0.2) is 11.5 Å². The highest BCUT2D eigenvalue weighted by molar-refractivity contribution is 6.00. The van der Waals surface area contributed by atoms with Gasteiger partial charge >= 0.3 is 0 Å². The summed E-state index contributed by atoms with van der Waals surface area (Å²) in [5.74, 6) is -0.158. The molecule has 0 aliphatic carbocycles. The number of hydrogen-bond acceptors (Lipinski definition) is 4. The zero-order valence-corrected chi connectivity index (χ0v) is 16.3. The van der Waals surface area contributed by atoms with E-state index >= 15 is 0 Å². The number of rotatable bonds is 7. The van der Waals surface area contributed by atoms with Crippen LogP contribution >= 0.6 is 0 Å². The molecule has 1 heterocycles. The van der Waals surface area contributed by atoms with Gasteiger partial charge in [0.1, 0.15) is 0 Å². The molecule has 1 aliphatic rings. The Morgan fingerprint density at radius 3 is 2.57 bits per heavy atom. The number of amides is 2. The fraction of sp³-hybridized carbons (Fsp3) is 0.364. The number of phenols is 1. The van der Waals surface area contributed by atoms with Crippen molar-refractivity contribution in [3.63, 3.8) is 0 Å². The molecule has 1 atom stereocenters. The molecule has 2 aromatic rings. The van der Waals surface area contributed by atoms with Gasteiger partial charge in [-0.3, -0.25) is 9.59 Å². The molecule has 2 N–H and O–H groups in total. The third-order valence-electron chi connectivity index (χ3n) is 4.99. The van der Waals surface area contributed by atoms with Gasteiger partial charge < -0.3 is 20.1 Å². The molecule has 0 spiro atoms. The van der Waals surface area contributed by atoms with E-state index in [0.717, 1.165) is 24.1 Å². The maximum absolute atomic E-state index is 12.5. The van der Waals surface area contributed by atoms with E-state index in [0.29, 0.717) is 12.3 Å². The second kappa shape index (κ2) is 8.78. The van der Waals surface area contributed by atoms with Gasteiger partial charge in [0.2, 0.25) is 11.8 Å². The van der Waals surface area contributed by atoms with Crippen LogP contribution in [-0.2, 0) is 22.6 Å². The van der Waals surface area contributed by atoms with Crippen molar-refractivity contribution in [3.05, 3.63) is 53.6 Å². The normalized spacial score (nSPS) is 16.3. The van der Waals surface area contributed by atoms with Gasteiger partial charge in [-0.1, -0.05) is 31.5 Å². The SMILES string of the molecule is CCCc1ccc(N2C[C@@H](C(=O)NCc3ccc(OC)c(O)c3)CC2=O)cc1. The fourth-order valence-corrected chi connectivity index (χ4v) is 3.44. The van der Waals surface area contributed by atoms with Crippen molar-refractivity contribution in [1.29, 1.82) is 0 Å². The number of anilines is 1. The van der Waals surface area contributed by atoms with Gasteiger partial charge in [0.25, 0.3) is 0 Å². The first kappa shape index (κ1) is 19.7. The lowest BCUT2D eigenvalue weighted by Gasteiger charge is -2.17. The third kappa shape index (κ3) is 4.44. The molecule has 6 nitrogen and oxygen atoms in total. The molecule has 0 saturated carbocycles. The molecule has 0 unspecified atom stereocenters. The Labute approximate surface area is 165 Å². The van der Waals surface area contributed by atoms with Crippen LogP contribution in [0.5, 0.6) is 11.5 Å². The number of hydrogen-bond donors (Lipinski definition) is 2. The van der Waals surface area contributed by atoms with E-state index in [9.17, 15) is 14.7 Å². The van der Waals surface area contributed by atoms with Gasteiger partial charge in [-0.25, -0.2) is 0 Å². The van der Waals surface area contributed by atoms with E-state index in [1.807, 2.05) is 24.3 Å². The molecule has 148 valence electrons. The molecular formula is C22H26N2O4. The predicted octanol–water partition coefficient (Wildman–Crippen LogP) is 3.02. The maximum atomic E-state index is 12.5. The molecule has 1 aliphatic heterocycles. The van der Waals surface area contributed by atoms with Crippen molar-refractivity contribution < 1.29 is 19.4 Å². The molecule has 0 radical (unpaired) electrons. The van der Waals surface area contributed by atoms with E-state index < -0.39 is 0 Å². The van der Waals surface area contributed by atoms with E-state index in [1.165, 1.54) is 12.7 Å². The van der Waals surface area contributed by atoms with Gasteiger partial charge in [0, 0.05) is 25.2 Å². The quantitative estimate of drug-likeness (QED) is 0.772. The highest BCUT2D eigenvalue weighted by Crippen LogP contribution is 2.27. The van der Waals surface area contributed by atoms with Gasteiger partial charge in [-0.15, -0.1) is 0 Å². The summed E-state index contributed by atoms with van der Waals surface area (Å²) in [4.78, 5) is 26.6. The Kier molecular flexibility index (Phi) is 6.19. The monoisotopic (exact) mass is 382 g/mol. The summed E-state index contributed by atoms with van der Waals surface area (Å²) in [5, 5.41) is 12.7. The number of nitrogens with zero attached hydrogens (tertiary/aromatic N) is 1. The smallest absolute Gasteiger partial charge is 0.227 e. The van der Waals surface area contributed by atoms with E-state index in [2.05, 4.69) is 12.2 Å². The van der Waals surface area contributed by atoms with Crippen LogP contribution in [0.4, 0.5) is 5.69 Å². The van der Waals surface area contributed by atoms with E-state index in [4.69, 9.17) is 4.74 Å². The van der Waals surface area contributed by atoms with Crippen LogP contribution in [0.25, 0.3) is 0 Å². The van der Waals surface area contributed by atoms with Crippen LogP contribution in [0.2, 0.25) is 0 Å². The number of benzene rings is 2. The number of methoxy groups -OCH3 is 1. The van der Waals surface area contributed by atoms with Crippen LogP contribution in [-0.4, -0.2) is 30.6 Å². The largest absolute Gasteiger partial charge is 0.504 e. The van der Waals surface area contributed by atoms with Crippen molar-refractivity contribution in [2.75, 3.05) is 18.6 Å². The number of aromatic hydroxyl groups is 1. The number of carbonyl (C=O) groups excluding carboxylic acids is 2.